The number of fused-ring (bicyclic) bond motifs is 3. The third-order valence-electron chi connectivity index (χ3n) is 6.25. The second-order valence-electron chi connectivity index (χ2n) is 8.24. The molecule has 9 heteroatoms. The first kappa shape index (κ1) is 19.1. The van der Waals surface area contributed by atoms with Gasteiger partial charge in [-0.05, 0) is 51.6 Å². The highest BCUT2D eigenvalue weighted by Crippen LogP contribution is 2.44. The fourth-order valence-electron chi connectivity index (χ4n) is 4.51. The lowest BCUT2D eigenvalue weighted by atomic mass is 9.92. The molecule has 0 saturated heterocycles. The first-order valence-corrected chi connectivity index (χ1v) is 11.3. The number of carbonyl (C=O) groups excluding carboxylic acids is 1. The Morgan fingerprint density at radius 2 is 1.97 bits per heavy atom. The van der Waals surface area contributed by atoms with Crippen molar-refractivity contribution in [2.45, 2.75) is 35.7 Å². The molecule has 1 aromatic carbocycles. The molecule has 5 rings (SSSR count). The van der Waals surface area contributed by atoms with Gasteiger partial charge in [-0.3, -0.25) is 4.79 Å². The minimum Gasteiger partial charge on any atom is -0.369 e. The van der Waals surface area contributed by atoms with Crippen molar-refractivity contribution in [1.29, 1.82) is 0 Å². The summed E-state index contributed by atoms with van der Waals surface area (Å²) in [5.74, 6) is -0.0585. The van der Waals surface area contributed by atoms with Crippen molar-refractivity contribution in [3.8, 4) is 0 Å². The van der Waals surface area contributed by atoms with Crippen LogP contribution in [0.15, 0.2) is 53.7 Å². The monoisotopic (exact) mass is 425 g/mol. The van der Waals surface area contributed by atoms with Gasteiger partial charge in [-0.2, -0.15) is 0 Å². The van der Waals surface area contributed by atoms with Crippen LogP contribution in [-0.2, 0) is 14.8 Å². The van der Waals surface area contributed by atoms with E-state index in [9.17, 15) is 13.2 Å². The lowest BCUT2D eigenvalue weighted by Crippen LogP contribution is -2.51. The van der Waals surface area contributed by atoms with Gasteiger partial charge in [0.2, 0.25) is 5.91 Å². The van der Waals surface area contributed by atoms with Gasteiger partial charge in [-0.25, -0.2) is 17.4 Å². The van der Waals surface area contributed by atoms with Gasteiger partial charge in [0.25, 0.3) is 10.0 Å². The van der Waals surface area contributed by atoms with Crippen LogP contribution in [0.3, 0.4) is 0 Å². The van der Waals surface area contributed by atoms with E-state index in [0.29, 0.717) is 35.6 Å². The standard InChI is InChI=1S/C21H23N5O3S/c1-25(2)14-8-10-21(12-14)20(27)23-17-13-22-19-16(18(17)24-21)9-11-26(19)30(28,29)15-6-4-3-5-7-15/h3-7,9,11,13-14,24H,8,10,12H2,1-2H3,(H,23,27). The molecule has 1 saturated carbocycles. The predicted molar refractivity (Wildman–Crippen MR) is 115 cm³/mol. The summed E-state index contributed by atoms with van der Waals surface area (Å²) in [6.07, 6.45) is 5.36. The first-order chi connectivity index (χ1) is 14.3. The number of pyridine rings is 1. The maximum absolute atomic E-state index is 13.1. The van der Waals surface area contributed by atoms with Crippen LogP contribution >= 0.6 is 0 Å². The number of benzene rings is 1. The highest BCUT2D eigenvalue weighted by molar-refractivity contribution is 7.90. The van der Waals surface area contributed by atoms with E-state index in [0.717, 1.165) is 12.1 Å². The molecule has 1 spiro atoms. The van der Waals surface area contributed by atoms with Crippen LogP contribution in [0.4, 0.5) is 11.4 Å². The molecular weight excluding hydrogens is 402 g/mol. The Labute approximate surface area is 174 Å². The van der Waals surface area contributed by atoms with Gasteiger partial charge in [0.1, 0.15) is 5.54 Å². The van der Waals surface area contributed by atoms with Crippen molar-refractivity contribution < 1.29 is 13.2 Å². The van der Waals surface area contributed by atoms with Crippen LogP contribution in [0, 0.1) is 0 Å². The van der Waals surface area contributed by atoms with Crippen molar-refractivity contribution in [3.05, 3.63) is 48.8 Å². The molecule has 2 aromatic heterocycles. The van der Waals surface area contributed by atoms with Crippen LogP contribution in [0.5, 0.6) is 0 Å². The van der Waals surface area contributed by atoms with Crippen LogP contribution in [0.2, 0.25) is 0 Å². The van der Waals surface area contributed by atoms with E-state index in [1.165, 1.54) is 16.4 Å². The summed E-state index contributed by atoms with van der Waals surface area (Å²) < 4.78 is 27.4. The summed E-state index contributed by atoms with van der Waals surface area (Å²) in [4.78, 5) is 19.6. The predicted octanol–water partition coefficient (Wildman–Crippen LogP) is 2.49. The molecule has 8 nitrogen and oxygen atoms in total. The first-order valence-electron chi connectivity index (χ1n) is 9.89. The summed E-state index contributed by atoms with van der Waals surface area (Å²) >= 11 is 0. The second-order valence-corrected chi connectivity index (χ2v) is 10.1. The quantitative estimate of drug-likeness (QED) is 0.669. The normalized spacial score (nSPS) is 23.6. The third-order valence-corrected chi connectivity index (χ3v) is 7.93. The van der Waals surface area contributed by atoms with Crippen LogP contribution in [-0.4, -0.2) is 53.9 Å². The molecule has 156 valence electrons. The molecule has 3 aromatic rings. The van der Waals surface area contributed by atoms with Crippen molar-refractivity contribution in [3.63, 3.8) is 0 Å². The van der Waals surface area contributed by atoms with Crippen molar-refractivity contribution >= 4 is 38.3 Å². The lowest BCUT2D eigenvalue weighted by Gasteiger charge is -2.36. The maximum atomic E-state index is 13.1. The van der Waals surface area contributed by atoms with E-state index in [2.05, 4.69) is 20.5 Å². The molecule has 2 aliphatic rings. The van der Waals surface area contributed by atoms with E-state index in [1.807, 2.05) is 14.1 Å². The molecule has 1 fully saturated rings. The van der Waals surface area contributed by atoms with E-state index >= 15 is 0 Å². The zero-order valence-corrected chi connectivity index (χ0v) is 17.6. The zero-order chi connectivity index (χ0) is 21.1. The lowest BCUT2D eigenvalue weighted by molar-refractivity contribution is -0.120. The highest BCUT2D eigenvalue weighted by Gasteiger charge is 2.48. The SMILES string of the molecule is CN(C)C1CCC2(C1)Nc1c(cnc3c1ccn3S(=O)(=O)c1ccccc1)NC2=O. The minimum absolute atomic E-state index is 0.0585. The highest BCUT2D eigenvalue weighted by atomic mass is 32.2. The summed E-state index contributed by atoms with van der Waals surface area (Å²) in [7, 11) is 0.271. The number of carbonyl (C=O) groups is 1. The molecule has 0 bridgehead atoms. The van der Waals surface area contributed by atoms with E-state index in [4.69, 9.17) is 0 Å². The molecule has 0 radical (unpaired) electrons. The molecule has 2 unspecified atom stereocenters. The number of anilines is 2. The zero-order valence-electron chi connectivity index (χ0n) is 16.8. The molecular formula is C21H23N5O3S. The van der Waals surface area contributed by atoms with Gasteiger partial charge < -0.3 is 15.5 Å². The number of hydrogen-bond acceptors (Lipinski definition) is 6. The fraction of sp³-hybridized carbons (Fsp3) is 0.333. The van der Waals surface area contributed by atoms with Crippen molar-refractivity contribution in [2.75, 3.05) is 24.7 Å². The Hall–Kier alpha value is -2.91. The summed E-state index contributed by atoms with van der Waals surface area (Å²) in [6, 6.07) is 10.3. The van der Waals surface area contributed by atoms with Gasteiger partial charge in [0.05, 0.1) is 22.5 Å². The average molecular weight is 426 g/mol. The van der Waals surface area contributed by atoms with Gasteiger partial charge in [0.15, 0.2) is 5.65 Å². The Balaban J connectivity index is 1.60. The fourth-order valence-corrected chi connectivity index (χ4v) is 5.83. The number of aromatic nitrogens is 2. The molecule has 30 heavy (non-hydrogen) atoms. The number of hydrogen-bond donors (Lipinski definition) is 2. The second kappa shape index (κ2) is 6.55. The Kier molecular flexibility index (Phi) is 4.16. The Morgan fingerprint density at radius 1 is 1.20 bits per heavy atom. The van der Waals surface area contributed by atoms with Crippen LogP contribution in [0.25, 0.3) is 11.0 Å². The van der Waals surface area contributed by atoms with Crippen molar-refractivity contribution in [1.82, 2.24) is 13.9 Å². The summed E-state index contributed by atoms with van der Waals surface area (Å²) in [5.41, 5.74) is 0.928. The number of rotatable bonds is 3. The molecule has 3 heterocycles. The maximum Gasteiger partial charge on any atom is 0.269 e. The van der Waals surface area contributed by atoms with Crippen LogP contribution < -0.4 is 10.6 Å². The average Bonchev–Trinajstić information content (AvgIpc) is 3.36. The number of nitrogens with zero attached hydrogens (tertiary/aromatic N) is 3. The van der Waals surface area contributed by atoms with Gasteiger partial charge in [0, 0.05) is 17.6 Å². The Morgan fingerprint density at radius 3 is 2.67 bits per heavy atom. The summed E-state index contributed by atoms with van der Waals surface area (Å²) in [5, 5.41) is 7.12. The van der Waals surface area contributed by atoms with Crippen LogP contribution in [0.1, 0.15) is 19.3 Å². The Bertz CT molecular complexity index is 1250. The van der Waals surface area contributed by atoms with Gasteiger partial charge >= 0.3 is 0 Å². The molecule has 1 aliphatic heterocycles. The topological polar surface area (TPSA) is 96.3 Å². The number of amides is 1. The largest absolute Gasteiger partial charge is 0.369 e. The molecule has 1 amide bonds. The molecule has 2 N–H and O–H groups in total. The van der Waals surface area contributed by atoms with E-state index in [1.54, 1.807) is 36.4 Å². The summed E-state index contributed by atoms with van der Waals surface area (Å²) in [6.45, 7) is 0. The third kappa shape index (κ3) is 2.73. The molecule has 1 aliphatic carbocycles. The minimum atomic E-state index is -3.77. The van der Waals surface area contributed by atoms with Crippen molar-refractivity contribution in [2.24, 2.45) is 0 Å². The smallest absolute Gasteiger partial charge is 0.269 e. The molecule has 2 atom stereocenters. The van der Waals surface area contributed by atoms with E-state index in [-0.39, 0.29) is 10.8 Å². The van der Waals surface area contributed by atoms with Gasteiger partial charge in [-0.15, -0.1) is 0 Å². The number of nitrogens with one attached hydrogen (secondary N) is 2. The van der Waals surface area contributed by atoms with E-state index < -0.39 is 15.6 Å². The van der Waals surface area contributed by atoms with Gasteiger partial charge in [-0.1, -0.05) is 18.2 Å².